The van der Waals surface area contributed by atoms with Crippen LogP contribution >= 0.6 is 0 Å². The number of aliphatic hydroxyl groups excluding tert-OH is 2. The van der Waals surface area contributed by atoms with Crippen molar-refractivity contribution in [1.82, 2.24) is 5.32 Å². The maximum Gasteiger partial charge on any atom is 0.303 e. The van der Waals surface area contributed by atoms with Gasteiger partial charge in [-0.2, -0.15) is 16.8 Å². The third kappa shape index (κ3) is 9.05. The summed E-state index contributed by atoms with van der Waals surface area (Å²) in [4.78, 5) is 20.9. The maximum atomic E-state index is 11.3. The van der Waals surface area contributed by atoms with Crippen LogP contribution < -0.4 is 5.32 Å². The normalized spacial score (nSPS) is 17.4. The average molecular weight is 409 g/mol. The van der Waals surface area contributed by atoms with Gasteiger partial charge in [0, 0.05) is 12.8 Å². The monoisotopic (exact) mass is 409 g/mol. The number of nitrogens with one attached hydrogen (secondary N) is 1. The van der Waals surface area contributed by atoms with Gasteiger partial charge in [0.15, 0.2) is 10.7 Å². The lowest BCUT2D eigenvalue weighted by molar-refractivity contribution is -0.138. The van der Waals surface area contributed by atoms with Gasteiger partial charge < -0.3 is 20.4 Å². The molecule has 0 bridgehead atoms. The number of carbonyl (C=O) groups is 2. The van der Waals surface area contributed by atoms with Gasteiger partial charge in [-0.15, -0.1) is 0 Å². The Labute approximate surface area is 142 Å². The summed E-state index contributed by atoms with van der Waals surface area (Å²) in [6, 6.07) is 0. The summed E-state index contributed by atoms with van der Waals surface area (Å²) >= 11 is 0. The first-order valence-electron chi connectivity index (χ1n) is 6.64. The van der Waals surface area contributed by atoms with Gasteiger partial charge in [0.05, 0.1) is 12.2 Å². The molecule has 0 aromatic carbocycles. The fraction of sp³-hybridized carbons (Fsp3) is 0.800. The zero-order valence-corrected chi connectivity index (χ0v) is 14.2. The molecule has 7 N–H and O–H groups in total. The highest BCUT2D eigenvalue weighted by atomic mass is 32.2. The quantitative estimate of drug-likeness (QED) is 0.165. The molecular formula is C10H19NO12S2. The maximum absolute atomic E-state index is 11.3. The Hall–Kier alpha value is -1.36. The van der Waals surface area contributed by atoms with E-state index < -0.39 is 80.8 Å². The molecule has 4 unspecified atom stereocenters. The van der Waals surface area contributed by atoms with Crippen LogP contribution in [0.25, 0.3) is 0 Å². The van der Waals surface area contributed by atoms with E-state index in [1.165, 1.54) is 0 Å². The molecule has 0 aromatic rings. The van der Waals surface area contributed by atoms with Crippen molar-refractivity contribution in [2.45, 2.75) is 48.6 Å². The molecule has 0 amide bonds. The molecule has 13 nitrogen and oxygen atoms in total. The molecule has 0 saturated carbocycles. The highest BCUT2D eigenvalue weighted by Crippen LogP contribution is 2.15. The number of aliphatic carboxylic acids is 2. The Morgan fingerprint density at radius 2 is 1.04 bits per heavy atom. The lowest BCUT2D eigenvalue weighted by atomic mass is 10.1. The minimum Gasteiger partial charge on any atom is -0.481 e. The predicted octanol–water partition coefficient (Wildman–Crippen LogP) is -2.54. The zero-order chi connectivity index (χ0) is 20.0. The van der Waals surface area contributed by atoms with Crippen molar-refractivity contribution < 1.29 is 56.0 Å². The number of hydrogen-bond donors (Lipinski definition) is 7. The Kier molecular flexibility index (Phi) is 8.86. The van der Waals surface area contributed by atoms with E-state index >= 15 is 0 Å². The van der Waals surface area contributed by atoms with E-state index in [0.29, 0.717) is 0 Å². The highest BCUT2D eigenvalue weighted by Gasteiger charge is 2.40. The van der Waals surface area contributed by atoms with Crippen LogP contribution in [0.5, 0.6) is 0 Å². The third-order valence-corrected chi connectivity index (χ3v) is 5.16. The van der Waals surface area contributed by atoms with E-state index in [-0.39, 0.29) is 0 Å². The van der Waals surface area contributed by atoms with Gasteiger partial charge in [0.2, 0.25) is 0 Å². The number of carboxylic acid groups (broad SMARTS) is 2. The molecule has 0 saturated heterocycles. The van der Waals surface area contributed by atoms with Crippen LogP contribution in [0.15, 0.2) is 0 Å². The summed E-state index contributed by atoms with van der Waals surface area (Å²) in [5.41, 5.74) is 0. The zero-order valence-electron chi connectivity index (χ0n) is 12.6. The van der Waals surface area contributed by atoms with Crippen LogP contribution in [0.2, 0.25) is 0 Å². The summed E-state index contributed by atoms with van der Waals surface area (Å²) in [6.45, 7) is 0. The van der Waals surface area contributed by atoms with Gasteiger partial charge in [-0.1, -0.05) is 0 Å². The van der Waals surface area contributed by atoms with Gasteiger partial charge in [-0.05, 0) is 12.8 Å². The van der Waals surface area contributed by atoms with Crippen molar-refractivity contribution in [3.05, 3.63) is 0 Å². The minimum atomic E-state index is -5.19. The van der Waals surface area contributed by atoms with Crippen molar-refractivity contribution in [2.24, 2.45) is 0 Å². The SMILES string of the molecule is O=C(O)CCC(O)C(NC(C(O)CCC(=O)O)S(=O)(=O)O)S(=O)(=O)O. The van der Waals surface area contributed by atoms with E-state index in [1.807, 2.05) is 0 Å². The molecule has 0 heterocycles. The smallest absolute Gasteiger partial charge is 0.303 e. The molecule has 0 rings (SSSR count). The predicted molar refractivity (Wildman–Crippen MR) is 79.6 cm³/mol. The molecule has 0 spiro atoms. The number of rotatable bonds is 12. The summed E-state index contributed by atoms with van der Waals surface area (Å²) in [7, 11) is -10.4. The van der Waals surface area contributed by atoms with Crippen molar-refractivity contribution in [3.8, 4) is 0 Å². The van der Waals surface area contributed by atoms with Gasteiger partial charge in [-0.3, -0.25) is 24.0 Å². The topological polar surface area (TPSA) is 236 Å². The fourth-order valence-corrected chi connectivity index (χ4v) is 3.59. The molecule has 25 heavy (non-hydrogen) atoms. The molecule has 0 aliphatic carbocycles. The Balaban J connectivity index is 5.47. The molecule has 0 aliphatic heterocycles. The van der Waals surface area contributed by atoms with Crippen molar-refractivity contribution in [3.63, 3.8) is 0 Å². The van der Waals surface area contributed by atoms with Crippen LogP contribution in [-0.4, -0.2) is 81.3 Å². The van der Waals surface area contributed by atoms with E-state index in [4.69, 9.17) is 19.3 Å². The first-order chi connectivity index (χ1) is 11.2. The molecule has 0 radical (unpaired) electrons. The molecular weight excluding hydrogens is 390 g/mol. The Morgan fingerprint density at radius 3 is 1.24 bits per heavy atom. The lowest BCUT2D eigenvalue weighted by Gasteiger charge is -2.27. The Bertz CT molecular complexity index is 614. The molecule has 0 aliphatic rings. The summed E-state index contributed by atoms with van der Waals surface area (Å²) in [5, 5.41) is 33.1. The number of aliphatic hydroxyl groups is 2. The molecule has 0 aromatic heterocycles. The second kappa shape index (κ2) is 9.37. The van der Waals surface area contributed by atoms with Crippen LogP contribution in [0.1, 0.15) is 25.7 Å². The van der Waals surface area contributed by atoms with Gasteiger partial charge in [0.1, 0.15) is 0 Å². The van der Waals surface area contributed by atoms with E-state index in [0.717, 1.165) is 0 Å². The van der Waals surface area contributed by atoms with E-state index in [1.54, 1.807) is 5.32 Å². The first kappa shape index (κ1) is 23.6. The van der Waals surface area contributed by atoms with E-state index in [9.17, 15) is 36.6 Å². The third-order valence-electron chi connectivity index (χ3n) is 2.98. The van der Waals surface area contributed by atoms with Crippen molar-refractivity contribution in [2.75, 3.05) is 0 Å². The molecule has 148 valence electrons. The van der Waals surface area contributed by atoms with Gasteiger partial charge in [0.25, 0.3) is 20.2 Å². The van der Waals surface area contributed by atoms with Gasteiger partial charge in [-0.25, -0.2) is 0 Å². The Morgan fingerprint density at radius 1 is 0.760 bits per heavy atom. The van der Waals surface area contributed by atoms with Crippen LogP contribution in [-0.2, 0) is 29.8 Å². The molecule has 0 fully saturated rings. The van der Waals surface area contributed by atoms with Crippen molar-refractivity contribution in [1.29, 1.82) is 0 Å². The van der Waals surface area contributed by atoms with Crippen molar-refractivity contribution >= 4 is 32.2 Å². The highest BCUT2D eigenvalue weighted by molar-refractivity contribution is 7.87. The lowest BCUT2D eigenvalue weighted by Crippen LogP contribution is -2.56. The fourth-order valence-electron chi connectivity index (χ4n) is 1.80. The summed E-state index contributed by atoms with van der Waals surface area (Å²) in [5.74, 6) is -2.83. The molecule has 4 atom stereocenters. The minimum absolute atomic E-state index is 0.712. The van der Waals surface area contributed by atoms with Gasteiger partial charge >= 0.3 is 11.9 Å². The number of carboxylic acids is 2. The number of hydrogen-bond acceptors (Lipinski definition) is 9. The van der Waals surface area contributed by atoms with Crippen LogP contribution in [0.3, 0.4) is 0 Å². The standard InChI is InChI=1S/C10H19NO12S2/c12-5(1-3-7(14)15)9(24(18,19)20)11-10(25(21,22)23)6(13)2-4-8(16)17/h5-6,9-13H,1-4H2,(H,14,15)(H,16,17)(H,18,19,20)(H,21,22,23). The van der Waals surface area contributed by atoms with E-state index in [2.05, 4.69) is 0 Å². The largest absolute Gasteiger partial charge is 0.481 e. The summed E-state index contributed by atoms with van der Waals surface area (Å²) in [6.07, 6.45) is -7.10. The average Bonchev–Trinajstić information content (AvgIpc) is 2.40. The summed E-state index contributed by atoms with van der Waals surface area (Å²) < 4.78 is 63.4. The second-order valence-corrected chi connectivity index (χ2v) is 8.11. The molecule has 15 heteroatoms. The van der Waals surface area contributed by atoms with Crippen LogP contribution in [0, 0.1) is 0 Å². The second-order valence-electron chi connectivity index (χ2n) is 5.04. The van der Waals surface area contributed by atoms with Crippen LogP contribution in [0.4, 0.5) is 0 Å². The first-order valence-corrected chi connectivity index (χ1v) is 9.65.